The zero-order valence-electron chi connectivity index (χ0n) is 9.99. The van der Waals surface area contributed by atoms with Crippen LogP contribution >= 0.6 is 0 Å². The smallest absolute Gasteiger partial charge is 0.336 e. The molecule has 0 amide bonds. The molecule has 0 unspecified atom stereocenters. The van der Waals surface area contributed by atoms with E-state index in [-0.39, 0.29) is 16.8 Å². The van der Waals surface area contributed by atoms with Crippen LogP contribution in [0.3, 0.4) is 0 Å². The molecule has 0 saturated carbocycles. The molecule has 0 aliphatic rings. The van der Waals surface area contributed by atoms with Crippen LogP contribution in [0.4, 0.5) is 5.69 Å². The summed E-state index contributed by atoms with van der Waals surface area (Å²) in [5.74, 6) is -2.43. The van der Waals surface area contributed by atoms with E-state index in [0.29, 0.717) is 0 Å². The first-order chi connectivity index (χ1) is 9.47. The van der Waals surface area contributed by atoms with E-state index in [1.165, 1.54) is 30.3 Å². The Hall–Kier alpha value is -3.39. The third-order valence-electron chi connectivity index (χ3n) is 2.19. The molecule has 0 spiro atoms. The van der Waals surface area contributed by atoms with E-state index in [2.05, 4.69) is 10.5 Å². The zero-order chi connectivity index (χ0) is 15.1. The van der Waals surface area contributed by atoms with Crippen molar-refractivity contribution in [2.75, 3.05) is 5.43 Å². The summed E-state index contributed by atoms with van der Waals surface area (Å²) in [6.07, 6.45) is -0.424. The van der Waals surface area contributed by atoms with E-state index in [1.54, 1.807) is 0 Å². The van der Waals surface area contributed by atoms with Gasteiger partial charge < -0.3 is 10.2 Å². The number of carboxylic acids is 2. The van der Waals surface area contributed by atoms with E-state index in [9.17, 15) is 9.59 Å². The molecular formula is C12H8N4O4. The van der Waals surface area contributed by atoms with Gasteiger partial charge in [-0.2, -0.15) is 15.6 Å². The molecule has 0 aliphatic heterocycles. The number of carbonyl (C=O) groups is 2. The number of rotatable bonds is 5. The minimum absolute atomic E-state index is 0.139. The lowest BCUT2D eigenvalue weighted by atomic mass is 10.0. The van der Waals surface area contributed by atoms with Crippen molar-refractivity contribution in [1.82, 2.24) is 0 Å². The lowest BCUT2D eigenvalue weighted by Gasteiger charge is -2.06. The Balaban J connectivity index is 3.09. The molecule has 8 nitrogen and oxygen atoms in total. The molecule has 3 N–H and O–H groups in total. The number of hydrogen-bond donors (Lipinski definition) is 3. The van der Waals surface area contributed by atoms with Crippen LogP contribution in [-0.4, -0.2) is 27.9 Å². The quantitative estimate of drug-likeness (QED) is 0.531. The Morgan fingerprint density at radius 2 is 1.90 bits per heavy atom. The van der Waals surface area contributed by atoms with Crippen molar-refractivity contribution in [3.05, 3.63) is 29.3 Å². The molecule has 0 atom stereocenters. The van der Waals surface area contributed by atoms with Crippen molar-refractivity contribution >= 4 is 23.3 Å². The first-order valence-electron chi connectivity index (χ1n) is 5.20. The van der Waals surface area contributed by atoms with Gasteiger partial charge in [-0.05, 0) is 17.7 Å². The predicted octanol–water partition coefficient (Wildman–Crippen LogP) is 0.827. The van der Waals surface area contributed by atoms with Gasteiger partial charge in [0, 0.05) is 0 Å². The Labute approximate surface area is 113 Å². The fourth-order valence-corrected chi connectivity index (χ4v) is 1.36. The van der Waals surface area contributed by atoms with Crippen molar-refractivity contribution in [2.45, 2.75) is 6.42 Å². The predicted molar refractivity (Wildman–Crippen MR) is 67.0 cm³/mol. The Morgan fingerprint density at radius 3 is 2.40 bits per heavy atom. The number of nitrogens with zero attached hydrogens (tertiary/aromatic N) is 3. The van der Waals surface area contributed by atoms with Crippen LogP contribution in [0.15, 0.2) is 23.3 Å². The summed E-state index contributed by atoms with van der Waals surface area (Å²) in [6, 6.07) is 6.97. The molecule has 1 rings (SSSR count). The molecule has 0 fully saturated rings. The van der Waals surface area contributed by atoms with Gasteiger partial charge in [0.2, 0.25) is 5.71 Å². The number of aliphatic carboxylic acids is 1. The van der Waals surface area contributed by atoms with Crippen LogP contribution in [0.25, 0.3) is 0 Å². The molecule has 100 valence electrons. The average Bonchev–Trinajstić information content (AvgIpc) is 2.40. The van der Waals surface area contributed by atoms with Crippen LogP contribution in [-0.2, 0) is 11.2 Å². The Kier molecular flexibility index (Phi) is 4.78. The maximum atomic E-state index is 11.0. The molecule has 1 aromatic carbocycles. The monoisotopic (exact) mass is 272 g/mol. The first-order valence-corrected chi connectivity index (χ1v) is 5.20. The van der Waals surface area contributed by atoms with E-state index >= 15 is 0 Å². The minimum atomic E-state index is -1.28. The molecular weight excluding hydrogens is 264 g/mol. The molecule has 0 aliphatic carbocycles. The van der Waals surface area contributed by atoms with Crippen molar-refractivity contribution in [2.24, 2.45) is 5.10 Å². The topological polar surface area (TPSA) is 147 Å². The highest BCUT2D eigenvalue weighted by atomic mass is 16.4. The summed E-state index contributed by atoms with van der Waals surface area (Å²) >= 11 is 0. The summed E-state index contributed by atoms with van der Waals surface area (Å²) < 4.78 is 0. The van der Waals surface area contributed by atoms with E-state index < -0.39 is 24.1 Å². The van der Waals surface area contributed by atoms with Crippen molar-refractivity contribution < 1.29 is 19.8 Å². The summed E-state index contributed by atoms with van der Waals surface area (Å²) in [7, 11) is 0. The zero-order valence-corrected chi connectivity index (χ0v) is 9.99. The average molecular weight is 272 g/mol. The molecule has 0 bridgehead atoms. The first kappa shape index (κ1) is 14.7. The Morgan fingerprint density at radius 1 is 1.25 bits per heavy atom. The fraction of sp³-hybridized carbons (Fsp3) is 0.0833. The SMILES string of the molecule is N#CC(C#N)=NNc1ccc(CC(=O)O)c(C(=O)O)c1. The molecule has 8 heteroatoms. The molecule has 0 saturated heterocycles. The van der Waals surface area contributed by atoms with Crippen molar-refractivity contribution in [3.8, 4) is 12.1 Å². The summed E-state index contributed by atoms with van der Waals surface area (Å²) in [5, 5.41) is 38.1. The van der Waals surface area contributed by atoms with Gasteiger partial charge >= 0.3 is 11.9 Å². The lowest BCUT2D eigenvalue weighted by Crippen LogP contribution is -2.08. The number of aromatic carboxylic acids is 1. The molecule has 0 radical (unpaired) electrons. The molecule has 0 aromatic heterocycles. The summed E-state index contributed by atoms with van der Waals surface area (Å²) in [5.41, 5.74) is 2.10. The third kappa shape index (κ3) is 3.82. The molecule has 1 aromatic rings. The second kappa shape index (κ2) is 6.52. The molecule has 20 heavy (non-hydrogen) atoms. The van der Waals surface area contributed by atoms with E-state index in [0.717, 1.165) is 0 Å². The second-order valence-corrected chi connectivity index (χ2v) is 3.54. The fourth-order valence-electron chi connectivity index (χ4n) is 1.36. The number of nitrogens with one attached hydrogen (secondary N) is 1. The van der Waals surface area contributed by atoms with Gasteiger partial charge in [0.25, 0.3) is 0 Å². The standard InChI is InChI=1S/C12H8N4O4/c13-5-9(6-14)16-15-8-2-1-7(3-11(17)18)10(4-8)12(19)20/h1-2,4,15H,3H2,(H,17,18)(H,19,20). The van der Waals surface area contributed by atoms with Gasteiger partial charge in [0.15, 0.2) is 0 Å². The lowest BCUT2D eigenvalue weighted by molar-refractivity contribution is -0.136. The molecule has 0 heterocycles. The van der Waals surface area contributed by atoms with Gasteiger partial charge in [-0.25, -0.2) is 4.79 Å². The van der Waals surface area contributed by atoms with Crippen LogP contribution in [0.2, 0.25) is 0 Å². The van der Waals surface area contributed by atoms with Gasteiger partial charge in [-0.15, -0.1) is 0 Å². The highest BCUT2D eigenvalue weighted by molar-refractivity contribution is 6.10. The number of nitriles is 2. The number of carboxylic acid groups (broad SMARTS) is 2. The largest absolute Gasteiger partial charge is 0.481 e. The number of benzene rings is 1. The van der Waals surface area contributed by atoms with Crippen LogP contribution in [0, 0.1) is 22.7 Å². The van der Waals surface area contributed by atoms with Crippen molar-refractivity contribution in [1.29, 1.82) is 10.5 Å². The van der Waals surface area contributed by atoms with Crippen molar-refractivity contribution in [3.63, 3.8) is 0 Å². The van der Waals surface area contributed by atoms with Gasteiger partial charge in [0.1, 0.15) is 12.1 Å². The van der Waals surface area contributed by atoms with Gasteiger partial charge in [0.05, 0.1) is 17.7 Å². The number of anilines is 1. The second-order valence-electron chi connectivity index (χ2n) is 3.54. The maximum absolute atomic E-state index is 11.0. The van der Waals surface area contributed by atoms with Crippen LogP contribution in [0.1, 0.15) is 15.9 Å². The Bertz CT molecular complexity index is 651. The van der Waals surface area contributed by atoms with Crippen LogP contribution < -0.4 is 5.43 Å². The number of hydrazone groups is 1. The maximum Gasteiger partial charge on any atom is 0.336 e. The third-order valence-corrected chi connectivity index (χ3v) is 2.19. The number of hydrogen-bond acceptors (Lipinski definition) is 6. The summed E-state index contributed by atoms with van der Waals surface area (Å²) in [4.78, 5) is 21.7. The van der Waals surface area contributed by atoms with Gasteiger partial charge in [-0.3, -0.25) is 10.2 Å². The van der Waals surface area contributed by atoms with Gasteiger partial charge in [-0.1, -0.05) is 6.07 Å². The highest BCUT2D eigenvalue weighted by Crippen LogP contribution is 2.17. The highest BCUT2D eigenvalue weighted by Gasteiger charge is 2.13. The van der Waals surface area contributed by atoms with E-state index in [4.69, 9.17) is 20.7 Å². The van der Waals surface area contributed by atoms with E-state index in [1.807, 2.05) is 0 Å². The minimum Gasteiger partial charge on any atom is -0.481 e. The normalized spacial score (nSPS) is 8.90. The van der Waals surface area contributed by atoms with Crippen LogP contribution in [0.5, 0.6) is 0 Å². The summed E-state index contributed by atoms with van der Waals surface area (Å²) in [6.45, 7) is 0.